The van der Waals surface area contributed by atoms with Crippen molar-refractivity contribution in [1.82, 2.24) is 9.88 Å². The van der Waals surface area contributed by atoms with Gasteiger partial charge in [-0.1, -0.05) is 36.4 Å². The summed E-state index contributed by atoms with van der Waals surface area (Å²) in [5.41, 5.74) is 2.60. The van der Waals surface area contributed by atoms with E-state index in [1.807, 2.05) is 60.7 Å². The first-order chi connectivity index (χ1) is 12.2. The predicted molar refractivity (Wildman–Crippen MR) is 97.3 cm³/mol. The third kappa shape index (κ3) is 4.67. The summed E-state index contributed by atoms with van der Waals surface area (Å²) in [7, 11) is 1.77. The molecule has 0 unspecified atom stereocenters. The first-order valence-corrected chi connectivity index (χ1v) is 8.14. The zero-order valence-electron chi connectivity index (χ0n) is 14.1. The number of hydrogen-bond donors (Lipinski definition) is 0. The van der Waals surface area contributed by atoms with Gasteiger partial charge in [0, 0.05) is 18.8 Å². The molecule has 1 aromatic heterocycles. The van der Waals surface area contributed by atoms with Gasteiger partial charge in [-0.3, -0.25) is 9.78 Å². The second-order valence-corrected chi connectivity index (χ2v) is 5.78. The zero-order valence-corrected chi connectivity index (χ0v) is 14.1. The Hall–Kier alpha value is -3.14. The van der Waals surface area contributed by atoms with Crippen LogP contribution < -0.4 is 4.74 Å². The highest BCUT2D eigenvalue weighted by Crippen LogP contribution is 2.16. The maximum absolute atomic E-state index is 12.5. The smallest absolute Gasteiger partial charge is 0.253 e. The number of ether oxygens (including phenoxy) is 1. The van der Waals surface area contributed by atoms with Crippen molar-refractivity contribution in [3.63, 3.8) is 0 Å². The van der Waals surface area contributed by atoms with E-state index in [9.17, 15) is 4.79 Å². The van der Waals surface area contributed by atoms with Crippen LogP contribution in [0, 0.1) is 0 Å². The van der Waals surface area contributed by atoms with Gasteiger partial charge in [0.2, 0.25) is 0 Å². The number of amides is 1. The van der Waals surface area contributed by atoms with Crippen LogP contribution in [0.2, 0.25) is 0 Å². The topological polar surface area (TPSA) is 42.4 Å². The van der Waals surface area contributed by atoms with Gasteiger partial charge >= 0.3 is 0 Å². The number of aromatic nitrogens is 1. The van der Waals surface area contributed by atoms with Crippen LogP contribution in [0.4, 0.5) is 0 Å². The minimum absolute atomic E-state index is 0.0414. The van der Waals surface area contributed by atoms with Gasteiger partial charge in [-0.05, 0) is 42.0 Å². The molecule has 1 amide bonds. The van der Waals surface area contributed by atoms with Crippen LogP contribution in [-0.2, 0) is 13.2 Å². The van der Waals surface area contributed by atoms with Gasteiger partial charge in [-0.25, -0.2) is 0 Å². The Labute approximate surface area is 147 Å². The second kappa shape index (κ2) is 8.11. The number of carbonyl (C=O) groups is 1. The number of rotatable bonds is 6. The fourth-order valence-electron chi connectivity index (χ4n) is 2.46. The first-order valence-electron chi connectivity index (χ1n) is 8.14. The van der Waals surface area contributed by atoms with Crippen LogP contribution in [0.1, 0.15) is 21.6 Å². The first kappa shape index (κ1) is 16.7. The number of carbonyl (C=O) groups excluding carboxylic acids is 1. The van der Waals surface area contributed by atoms with E-state index in [2.05, 4.69) is 4.98 Å². The molecule has 3 aromatic rings. The Bertz CT molecular complexity index is 802. The van der Waals surface area contributed by atoms with Crippen LogP contribution >= 0.6 is 0 Å². The van der Waals surface area contributed by atoms with E-state index in [1.165, 1.54) is 0 Å². The average Bonchev–Trinajstić information content (AvgIpc) is 2.68. The van der Waals surface area contributed by atoms with Gasteiger partial charge in [0.05, 0.1) is 12.2 Å². The molecule has 0 bridgehead atoms. The van der Waals surface area contributed by atoms with Crippen LogP contribution in [-0.4, -0.2) is 22.8 Å². The van der Waals surface area contributed by atoms with Gasteiger partial charge in [-0.2, -0.15) is 0 Å². The van der Waals surface area contributed by atoms with Crippen molar-refractivity contribution >= 4 is 5.91 Å². The lowest BCUT2D eigenvalue weighted by atomic mass is 10.2. The molecule has 1 heterocycles. The molecule has 126 valence electrons. The van der Waals surface area contributed by atoms with Crippen LogP contribution in [0.25, 0.3) is 0 Å². The number of benzene rings is 2. The molecule has 0 saturated heterocycles. The third-order valence-corrected chi connectivity index (χ3v) is 3.82. The van der Waals surface area contributed by atoms with Crippen molar-refractivity contribution in [3.8, 4) is 5.75 Å². The Kier molecular flexibility index (Phi) is 5.42. The molecule has 3 rings (SSSR count). The zero-order chi connectivity index (χ0) is 17.5. The number of pyridine rings is 1. The van der Waals surface area contributed by atoms with Crippen molar-refractivity contribution in [2.24, 2.45) is 0 Å². The maximum Gasteiger partial charge on any atom is 0.253 e. The third-order valence-electron chi connectivity index (χ3n) is 3.82. The Balaban J connectivity index is 1.58. The van der Waals surface area contributed by atoms with Gasteiger partial charge in [0.25, 0.3) is 5.91 Å². The van der Waals surface area contributed by atoms with Crippen LogP contribution in [0.15, 0.2) is 79.0 Å². The molecule has 0 aliphatic carbocycles. The summed E-state index contributed by atoms with van der Waals surface area (Å²) in [4.78, 5) is 18.4. The summed E-state index contributed by atoms with van der Waals surface area (Å²) < 4.78 is 5.75. The standard InChI is InChI=1S/C21H20N2O2/c1-23(15-19-9-5-6-14-22-19)21(24)18-10-12-20(13-11-18)25-16-17-7-3-2-4-8-17/h2-14H,15-16H2,1H3. The molecular formula is C21H20N2O2. The highest BCUT2D eigenvalue weighted by Gasteiger charge is 2.12. The fraction of sp³-hybridized carbons (Fsp3) is 0.143. The molecule has 0 saturated carbocycles. The Morgan fingerprint density at radius 2 is 1.68 bits per heavy atom. The summed E-state index contributed by atoms with van der Waals surface area (Å²) in [6, 6.07) is 22.9. The van der Waals surface area contributed by atoms with E-state index in [0.29, 0.717) is 18.7 Å². The van der Waals surface area contributed by atoms with E-state index >= 15 is 0 Å². The molecule has 0 fully saturated rings. The van der Waals surface area contributed by atoms with Crippen LogP contribution in [0.5, 0.6) is 5.75 Å². The lowest BCUT2D eigenvalue weighted by Gasteiger charge is -2.17. The van der Waals surface area contributed by atoms with Crippen molar-refractivity contribution < 1.29 is 9.53 Å². The maximum atomic E-state index is 12.5. The molecule has 0 N–H and O–H groups in total. The monoisotopic (exact) mass is 332 g/mol. The van der Waals surface area contributed by atoms with E-state index in [-0.39, 0.29) is 5.91 Å². The van der Waals surface area contributed by atoms with E-state index in [1.54, 1.807) is 30.3 Å². The molecular weight excluding hydrogens is 312 g/mol. The molecule has 0 atom stereocenters. The summed E-state index contributed by atoms with van der Waals surface area (Å²) in [6.07, 6.45) is 1.73. The van der Waals surface area contributed by atoms with Crippen LogP contribution in [0.3, 0.4) is 0 Å². The van der Waals surface area contributed by atoms with E-state index in [0.717, 1.165) is 17.0 Å². The SMILES string of the molecule is CN(Cc1ccccn1)C(=O)c1ccc(OCc2ccccc2)cc1. The Morgan fingerprint density at radius 1 is 0.960 bits per heavy atom. The van der Waals surface area contributed by atoms with Crippen molar-refractivity contribution in [2.75, 3.05) is 7.05 Å². The van der Waals surface area contributed by atoms with Crippen molar-refractivity contribution in [3.05, 3.63) is 95.8 Å². The second-order valence-electron chi connectivity index (χ2n) is 5.78. The lowest BCUT2D eigenvalue weighted by Crippen LogP contribution is -2.26. The summed E-state index contributed by atoms with van der Waals surface area (Å²) >= 11 is 0. The van der Waals surface area contributed by atoms with Gasteiger partial charge in [-0.15, -0.1) is 0 Å². The molecule has 4 nitrogen and oxygen atoms in total. The average molecular weight is 332 g/mol. The molecule has 4 heteroatoms. The Morgan fingerprint density at radius 3 is 2.36 bits per heavy atom. The molecule has 0 radical (unpaired) electrons. The fourth-order valence-corrected chi connectivity index (χ4v) is 2.46. The lowest BCUT2D eigenvalue weighted by molar-refractivity contribution is 0.0783. The summed E-state index contributed by atoms with van der Waals surface area (Å²) in [6.45, 7) is 0.986. The highest BCUT2D eigenvalue weighted by molar-refractivity contribution is 5.94. The molecule has 25 heavy (non-hydrogen) atoms. The van der Waals surface area contributed by atoms with E-state index < -0.39 is 0 Å². The minimum Gasteiger partial charge on any atom is -0.489 e. The van der Waals surface area contributed by atoms with Gasteiger partial charge < -0.3 is 9.64 Å². The highest BCUT2D eigenvalue weighted by atomic mass is 16.5. The quantitative estimate of drug-likeness (QED) is 0.687. The number of nitrogens with zero attached hydrogens (tertiary/aromatic N) is 2. The van der Waals surface area contributed by atoms with Gasteiger partial charge in [0.15, 0.2) is 0 Å². The molecule has 0 aliphatic rings. The molecule has 0 aliphatic heterocycles. The molecule has 2 aromatic carbocycles. The minimum atomic E-state index is -0.0414. The summed E-state index contributed by atoms with van der Waals surface area (Å²) in [5, 5.41) is 0. The van der Waals surface area contributed by atoms with Crippen molar-refractivity contribution in [1.29, 1.82) is 0 Å². The van der Waals surface area contributed by atoms with Gasteiger partial charge in [0.1, 0.15) is 12.4 Å². The summed E-state index contributed by atoms with van der Waals surface area (Å²) in [5.74, 6) is 0.702. The predicted octanol–water partition coefficient (Wildman–Crippen LogP) is 3.93. The van der Waals surface area contributed by atoms with Crippen molar-refractivity contribution in [2.45, 2.75) is 13.2 Å². The largest absolute Gasteiger partial charge is 0.489 e. The number of hydrogen-bond acceptors (Lipinski definition) is 3. The van der Waals surface area contributed by atoms with E-state index in [4.69, 9.17) is 4.74 Å². The molecule has 0 spiro atoms. The normalized spacial score (nSPS) is 10.3.